The summed E-state index contributed by atoms with van der Waals surface area (Å²) in [5, 5.41) is 8.54. The first-order valence-electron chi connectivity index (χ1n) is 6.72. The number of aromatic nitrogens is 2. The Morgan fingerprint density at radius 2 is 2.10 bits per heavy atom. The molecule has 0 atom stereocenters. The number of nitrogens with zero attached hydrogens (tertiary/aromatic N) is 2. The Balaban J connectivity index is 2.51. The van der Waals surface area contributed by atoms with E-state index < -0.39 is 0 Å². The molecule has 0 fully saturated rings. The van der Waals surface area contributed by atoms with E-state index in [4.69, 9.17) is 17.3 Å². The van der Waals surface area contributed by atoms with E-state index >= 15 is 0 Å². The molecule has 1 heterocycles. The molecule has 2 rings (SSSR count). The van der Waals surface area contributed by atoms with Crippen molar-refractivity contribution in [2.45, 2.75) is 26.2 Å². The van der Waals surface area contributed by atoms with Gasteiger partial charge in [-0.1, -0.05) is 38.4 Å². The van der Waals surface area contributed by atoms with Gasteiger partial charge in [-0.05, 0) is 18.2 Å². The van der Waals surface area contributed by atoms with Gasteiger partial charge in [0.2, 0.25) is 0 Å². The molecule has 5 heteroatoms. The summed E-state index contributed by atoms with van der Waals surface area (Å²) >= 11 is 6.08. The first kappa shape index (κ1) is 14.9. The van der Waals surface area contributed by atoms with Crippen molar-refractivity contribution in [1.82, 2.24) is 9.78 Å². The summed E-state index contributed by atoms with van der Waals surface area (Å²) in [5.74, 6) is 0. The van der Waals surface area contributed by atoms with Crippen molar-refractivity contribution < 1.29 is 0 Å². The highest BCUT2D eigenvalue weighted by Crippen LogP contribution is 2.31. The van der Waals surface area contributed by atoms with Crippen molar-refractivity contribution in [1.29, 1.82) is 0 Å². The summed E-state index contributed by atoms with van der Waals surface area (Å²) in [7, 11) is 0. The molecule has 20 heavy (non-hydrogen) atoms. The monoisotopic (exact) mass is 292 g/mol. The van der Waals surface area contributed by atoms with Crippen LogP contribution in [0.3, 0.4) is 0 Å². The van der Waals surface area contributed by atoms with Crippen molar-refractivity contribution in [2.75, 3.05) is 18.4 Å². The number of nitrogens with two attached hydrogens (primary N) is 1. The standard InChI is InChI=1S/C15H21ClN4/c1-15(2,3)14-13(18-8-7-17)10-19-20(14)12-6-4-5-11(16)9-12/h4-6,9-10,18H,7-8,17H2,1-3H3. The van der Waals surface area contributed by atoms with Gasteiger partial charge in [-0.2, -0.15) is 5.10 Å². The summed E-state index contributed by atoms with van der Waals surface area (Å²) < 4.78 is 1.94. The lowest BCUT2D eigenvalue weighted by Crippen LogP contribution is -2.21. The van der Waals surface area contributed by atoms with Crippen LogP contribution < -0.4 is 11.1 Å². The molecular formula is C15H21ClN4. The minimum absolute atomic E-state index is 0.0459. The predicted octanol–water partition coefficient (Wildman–Crippen LogP) is 3.19. The summed E-state index contributed by atoms with van der Waals surface area (Å²) in [4.78, 5) is 0. The van der Waals surface area contributed by atoms with Crippen LogP contribution in [0.1, 0.15) is 26.5 Å². The van der Waals surface area contributed by atoms with Gasteiger partial charge in [0.05, 0.1) is 23.3 Å². The molecule has 0 aliphatic heterocycles. The molecule has 2 aromatic rings. The summed E-state index contributed by atoms with van der Waals surface area (Å²) in [6, 6.07) is 7.70. The molecule has 1 aromatic heterocycles. The van der Waals surface area contributed by atoms with Gasteiger partial charge in [-0.15, -0.1) is 0 Å². The fraction of sp³-hybridized carbons (Fsp3) is 0.400. The SMILES string of the molecule is CC(C)(C)c1c(NCCN)cnn1-c1cccc(Cl)c1. The Morgan fingerprint density at radius 3 is 2.70 bits per heavy atom. The minimum atomic E-state index is -0.0459. The molecule has 1 aromatic carbocycles. The van der Waals surface area contributed by atoms with Gasteiger partial charge in [-0.3, -0.25) is 0 Å². The number of hydrogen-bond donors (Lipinski definition) is 2. The van der Waals surface area contributed by atoms with Gasteiger partial charge in [0, 0.05) is 23.5 Å². The highest BCUT2D eigenvalue weighted by atomic mass is 35.5. The Bertz CT molecular complexity index is 584. The van der Waals surface area contributed by atoms with E-state index in [1.165, 1.54) is 0 Å². The second kappa shape index (κ2) is 5.85. The number of nitrogens with one attached hydrogen (secondary N) is 1. The van der Waals surface area contributed by atoms with Crippen molar-refractivity contribution in [3.05, 3.63) is 41.2 Å². The zero-order chi connectivity index (χ0) is 14.8. The average Bonchev–Trinajstić information content (AvgIpc) is 2.80. The van der Waals surface area contributed by atoms with Crippen LogP contribution in [-0.2, 0) is 5.41 Å². The Labute approximate surface area is 124 Å². The quantitative estimate of drug-likeness (QED) is 0.910. The number of rotatable bonds is 4. The molecule has 0 bridgehead atoms. The van der Waals surface area contributed by atoms with Crippen LogP contribution in [0.4, 0.5) is 5.69 Å². The van der Waals surface area contributed by atoms with Crippen LogP contribution in [0.2, 0.25) is 5.02 Å². The Hall–Kier alpha value is -1.52. The van der Waals surface area contributed by atoms with Gasteiger partial charge in [0.1, 0.15) is 0 Å². The van der Waals surface area contributed by atoms with E-state index in [0.717, 1.165) is 23.6 Å². The highest BCUT2D eigenvalue weighted by Gasteiger charge is 2.24. The maximum Gasteiger partial charge on any atom is 0.0769 e. The molecule has 4 nitrogen and oxygen atoms in total. The largest absolute Gasteiger partial charge is 0.381 e. The fourth-order valence-corrected chi connectivity index (χ4v) is 2.39. The summed E-state index contributed by atoms with van der Waals surface area (Å²) in [6.45, 7) is 7.81. The van der Waals surface area contributed by atoms with Gasteiger partial charge >= 0.3 is 0 Å². The smallest absolute Gasteiger partial charge is 0.0769 e. The third kappa shape index (κ3) is 3.14. The number of anilines is 1. The maximum atomic E-state index is 6.08. The molecule has 0 radical (unpaired) electrons. The molecule has 108 valence electrons. The van der Waals surface area contributed by atoms with Gasteiger partial charge in [0.15, 0.2) is 0 Å². The van der Waals surface area contributed by atoms with Crippen LogP contribution in [0.15, 0.2) is 30.5 Å². The summed E-state index contributed by atoms with van der Waals surface area (Å²) in [6.07, 6.45) is 1.84. The lowest BCUT2D eigenvalue weighted by Gasteiger charge is -2.23. The van der Waals surface area contributed by atoms with Crippen LogP contribution in [0, 0.1) is 0 Å². The zero-order valence-electron chi connectivity index (χ0n) is 12.2. The Morgan fingerprint density at radius 1 is 1.35 bits per heavy atom. The van der Waals surface area contributed by atoms with E-state index in [-0.39, 0.29) is 5.41 Å². The molecule has 0 spiro atoms. The van der Waals surface area contributed by atoms with Crippen LogP contribution >= 0.6 is 11.6 Å². The van der Waals surface area contributed by atoms with Crippen molar-refractivity contribution in [3.8, 4) is 5.69 Å². The molecule has 0 unspecified atom stereocenters. The first-order valence-corrected chi connectivity index (χ1v) is 7.09. The highest BCUT2D eigenvalue weighted by molar-refractivity contribution is 6.30. The van der Waals surface area contributed by atoms with E-state index in [2.05, 4.69) is 31.2 Å². The summed E-state index contributed by atoms with van der Waals surface area (Å²) in [5.41, 5.74) is 8.62. The van der Waals surface area contributed by atoms with Crippen molar-refractivity contribution >= 4 is 17.3 Å². The molecular weight excluding hydrogens is 272 g/mol. The van der Waals surface area contributed by atoms with Gasteiger partial charge in [-0.25, -0.2) is 4.68 Å². The molecule has 0 saturated carbocycles. The van der Waals surface area contributed by atoms with E-state index in [1.807, 2.05) is 35.1 Å². The lowest BCUT2D eigenvalue weighted by atomic mass is 9.91. The number of halogens is 1. The predicted molar refractivity (Wildman–Crippen MR) is 84.8 cm³/mol. The number of benzene rings is 1. The zero-order valence-corrected chi connectivity index (χ0v) is 12.9. The Kier molecular flexibility index (Phi) is 4.35. The van der Waals surface area contributed by atoms with Crippen LogP contribution in [0.25, 0.3) is 5.69 Å². The van der Waals surface area contributed by atoms with Crippen LogP contribution in [0.5, 0.6) is 0 Å². The van der Waals surface area contributed by atoms with Crippen molar-refractivity contribution in [3.63, 3.8) is 0 Å². The molecule has 0 aliphatic carbocycles. The van der Waals surface area contributed by atoms with Crippen molar-refractivity contribution in [2.24, 2.45) is 5.73 Å². The second-order valence-electron chi connectivity index (χ2n) is 5.76. The maximum absolute atomic E-state index is 6.08. The molecule has 0 aliphatic rings. The normalized spacial score (nSPS) is 11.7. The second-order valence-corrected chi connectivity index (χ2v) is 6.20. The fourth-order valence-electron chi connectivity index (χ4n) is 2.21. The third-order valence-corrected chi connectivity index (χ3v) is 3.23. The number of hydrogen-bond acceptors (Lipinski definition) is 3. The van der Waals surface area contributed by atoms with E-state index in [1.54, 1.807) is 0 Å². The molecule has 3 N–H and O–H groups in total. The third-order valence-electron chi connectivity index (χ3n) is 2.99. The molecule has 0 amide bonds. The minimum Gasteiger partial charge on any atom is -0.381 e. The molecule has 0 saturated heterocycles. The first-order chi connectivity index (χ1) is 9.43. The van der Waals surface area contributed by atoms with E-state index in [0.29, 0.717) is 11.6 Å². The topological polar surface area (TPSA) is 55.9 Å². The average molecular weight is 293 g/mol. The van der Waals surface area contributed by atoms with Gasteiger partial charge < -0.3 is 11.1 Å². The van der Waals surface area contributed by atoms with E-state index in [9.17, 15) is 0 Å². The van der Waals surface area contributed by atoms with Gasteiger partial charge in [0.25, 0.3) is 0 Å². The lowest BCUT2D eigenvalue weighted by molar-refractivity contribution is 0.545. The van der Waals surface area contributed by atoms with Crippen LogP contribution in [-0.4, -0.2) is 22.9 Å².